The minimum absolute atomic E-state index is 0.411. The van der Waals surface area contributed by atoms with Gasteiger partial charge in [-0.1, -0.05) is 6.42 Å². The smallest absolute Gasteiger partial charge is 0.248 e. The molecule has 2 aliphatic rings. The Bertz CT molecular complexity index is 532. The van der Waals surface area contributed by atoms with Crippen molar-refractivity contribution in [2.24, 2.45) is 5.73 Å². The first-order valence-electron chi connectivity index (χ1n) is 7.67. The lowest BCUT2D eigenvalue weighted by Gasteiger charge is -2.33. The number of hydrogen-bond donors (Lipinski definition) is 2. The number of nitrogens with zero attached hydrogens (tertiary/aromatic N) is 1. The van der Waals surface area contributed by atoms with Crippen LogP contribution in [0.15, 0.2) is 18.2 Å². The molecule has 2 atom stereocenters. The van der Waals surface area contributed by atoms with E-state index in [1.54, 1.807) is 25.3 Å². The van der Waals surface area contributed by atoms with Crippen LogP contribution in [0.5, 0.6) is 5.75 Å². The van der Waals surface area contributed by atoms with Gasteiger partial charge in [-0.05, 0) is 44.0 Å². The van der Waals surface area contributed by atoms with Crippen molar-refractivity contribution in [2.75, 3.05) is 25.5 Å². The zero-order valence-electron chi connectivity index (χ0n) is 12.5. The normalized spacial score (nSPS) is 25.4. The van der Waals surface area contributed by atoms with E-state index in [4.69, 9.17) is 10.5 Å². The minimum atomic E-state index is -0.411. The van der Waals surface area contributed by atoms with Gasteiger partial charge in [-0.3, -0.25) is 9.69 Å². The summed E-state index contributed by atoms with van der Waals surface area (Å²) in [6.45, 7) is 2.36. The Morgan fingerprint density at radius 1 is 1.33 bits per heavy atom. The predicted molar refractivity (Wildman–Crippen MR) is 82.8 cm³/mol. The molecule has 1 aromatic rings. The maximum atomic E-state index is 11.4. The summed E-state index contributed by atoms with van der Waals surface area (Å²) >= 11 is 0. The zero-order chi connectivity index (χ0) is 14.8. The lowest BCUT2D eigenvalue weighted by Crippen LogP contribution is -2.41. The van der Waals surface area contributed by atoms with Crippen molar-refractivity contribution in [2.45, 2.75) is 37.8 Å². The van der Waals surface area contributed by atoms with Crippen LogP contribution in [0, 0.1) is 0 Å². The molecule has 0 bridgehead atoms. The van der Waals surface area contributed by atoms with Crippen LogP contribution < -0.4 is 15.8 Å². The Hall–Kier alpha value is -1.75. The highest BCUT2D eigenvalue weighted by molar-refractivity contribution is 5.94. The number of nitrogens with one attached hydrogen (secondary N) is 1. The average Bonchev–Trinajstić information content (AvgIpc) is 2.90. The van der Waals surface area contributed by atoms with Gasteiger partial charge in [0.2, 0.25) is 5.91 Å². The van der Waals surface area contributed by atoms with Crippen molar-refractivity contribution in [3.05, 3.63) is 23.8 Å². The van der Waals surface area contributed by atoms with Crippen LogP contribution in [0.25, 0.3) is 0 Å². The van der Waals surface area contributed by atoms with E-state index in [2.05, 4.69) is 10.2 Å². The number of methoxy groups -OCH3 is 1. The number of piperidine rings is 1. The largest absolute Gasteiger partial charge is 0.495 e. The summed E-state index contributed by atoms with van der Waals surface area (Å²) in [5.41, 5.74) is 6.75. The summed E-state index contributed by atoms with van der Waals surface area (Å²) in [5.74, 6) is 0.348. The second-order valence-corrected chi connectivity index (χ2v) is 5.92. The van der Waals surface area contributed by atoms with E-state index < -0.39 is 5.91 Å². The second kappa shape index (κ2) is 5.93. The first-order chi connectivity index (χ1) is 10.2. The maximum absolute atomic E-state index is 11.4. The number of carbonyl (C=O) groups excluding carboxylic acids is 1. The fourth-order valence-corrected chi connectivity index (χ4v) is 3.59. The number of nitrogens with two attached hydrogens (primary N) is 1. The van der Waals surface area contributed by atoms with Gasteiger partial charge in [0.25, 0.3) is 0 Å². The summed E-state index contributed by atoms with van der Waals surface area (Å²) < 4.78 is 5.40. The van der Waals surface area contributed by atoms with E-state index in [0.717, 1.165) is 24.4 Å². The Labute approximate surface area is 125 Å². The summed E-state index contributed by atoms with van der Waals surface area (Å²) in [7, 11) is 1.64. The van der Waals surface area contributed by atoms with E-state index >= 15 is 0 Å². The molecule has 0 spiro atoms. The lowest BCUT2D eigenvalue weighted by molar-refractivity contribution is 0.100. The fraction of sp³-hybridized carbons (Fsp3) is 0.562. The third-order valence-corrected chi connectivity index (χ3v) is 4.68. The van der Waals surface area contributed by atoms with Gasteiger partial charge in [0.1, 0.15) is 5.75 Å². The van der Waals surface area contributed by atoms with Crippen molar-refractivity contribution in [1.29, 1.82) is 0 Å². The summed E-state index contributed by atoms with van der Waals surface area (Å²) in [5, 5.41) is 3.58. The topological polar surface area (TPSA) is 67.6 Å². The standard InChI is InChI=1S/C16H23N3O2/c1-21-15-6-5-11(16(17)20)10-13(15)18-12-7-9-19-8-3-2-4-14(12)19/h5-6,10,12,14,18H,2-4,7-9H2,1H3,(H2,17,20). The van der Waals surface area contributed by atoms with Crippen molar-refractivity contribution in [3.63, 3.8) is 0 Å². The monoisotopic (exact) mass is 289 g/mol. The third kappa shape index (κ3) is 2.83. The van der Waals surface area contributed by atoms with Crippen LogP contribution in [0.3, 0.4) is 0 Å². The molecule has 2 fully saturated rings. The maximum Gasteiger partial charge on any atom is 0.248 e. The number of carbonyl (C=O) groups is 1. The molecule has 114 valence electrons. The highest BCUT2D eigenvalue weighted by Crippen LogP contribution is 2.32. The second-order valence-electron chi connectivity index (χ2n) is 5.92. The first-order valence-corrected chi connectivity index (χ1v) is 7.67. The lowest BCUT2D eigenvalue weighted by atomic mass is 9.98. The quantitative estimate of drug-likeness (QED) is 0.887. The molecule has 3 N–H and O–H groups in total. The Balaban J connectivity index is 1.80. The summed E-state index contributed by atoms with van der Waals surface area (Å²) in [6.07, 6.45) is 4.99. The van der Waals surface area contributed by atoms with E-state index in [1.165, 1.54) is 25.8 Å². The molecule has 2 saturated heterocycles. The molecular weight excluding hydrogens is 266 g/mol. The van der Waals surface area contributed by atoms with Crippen molar-refractivity contribution in [3.8, 4) is 5.75 Å². The molecule has 0 aromatic heterocycles. The van der Waals surface area contributed by atoms with Crippen LogP contribution in [-0.4, -0.2) is 43.1 Å². The van der Waals surface area contributed by atoms with E-state index in [0.29, 0.717) is 17.6 Å². The average molecular weight is 289 g/mol. The number of rotatable bonds is 4. The van der Waals surface area contributed by atoms with E-state index in [1.807, 2.05) is 0 Å². The number of benzene rings is 1. The molecular formula is C16H23N3O2. The predicted octanol–water partition coefficient (Wildman–Crippen LogP) is 1.83. The number of amides is 1. The van der Waals surface area contributed by atoms with Gasteiger partial charge in [-0.25, -0.2) is 0 Å². The third-order valence-electron chi connectivity index (χ3n) is 4.68. The minimum Gasteiger partial charge on any atom is -0.495 e. The van der Waals surface area contributed by atoms with Gasteiger partial charge in [0.05, 0.1) is 12.8 Å². The van der Waals surface area contributed by atoms with Crippen LogP contribution in [0.1, 0.15) is 36.0 Å². The van der Waals surface area contributed by atoms with Crippen LogP contribution in [0.4, 0.5) is 5.69 Å². The van der Waals surface area contributed by atoms with Gasteiger partial charge < -0.3 is 15.8 Å². The molecule has 1 amide bonds. The molecule has 2 unspecified atom stereocenters. The van der Waals surface area contributed by atoms with E-state index in [9.17, 15) is 4.79 Å². The Morgan fingerprint density at radius 2 is 2.19 bits per heavy atom. The fourth-order valence-electron chi connectivity index (χ4n) is 3.59. The molecule has 1 aromatic carbocycles. The molecule has 5 heteroatoms. The van der Waals surface area contributed by atoms with Gasteiger partial charge in [0.15, 0.2) is 0 Å². The Morgan fingerprint density at radius 3 is 2.95 bits per heavy atom. The number of fused-ring (bicyclic) bond motifs is 1. The number of primary amides is 1. The molecule has 0 saturated carbocycles. The molecule has 0 radical (unpaired) electrons. The molecule has 2 aliphatic heterocycles. The number of hydrogen-bond acceptors (Lipinski definition) is 4. The molecule has 5 nitrogen and oxygen atoms in total. The van der Waals surface area contributed by atoms with Crippen molar-refractivity contribution < 1.29 is 9.53 Å². The molecule has 2 heterocycles. The highest BCUT2D eigenvalue weighted by atomic mass is 16.5. The van der Waals surface area contributed by atoms with Crippen molar-refractivity contribution >= 4 is 11.6 Å². The van der Waals surface area contributed by atoms with Crippen molar-refractivity contribution in [1.82, 2.24) is 4.90 Å². The molecule has 3 rings (SSSR count). The van der Waals surface area contributed by atoms with Crippen LogP contribution in [0.2, 0.25) is 0 Å². The van der Waals surface area contributed by atoms with E-state index in [-0.39, 0.29) is 0 Å². The highest BCUT2D eigenvalue weighted by Gasteiger charge is 2.35. The van der Waals surface area contributed by atoms with Gasteiger partial charge in [0, 0.05) is 24.2 Å². The van der Waals surface area contributed by atoms with Crippen LogP contribution >= 0.6 is 0 Å². The SMILES string of the molecule is COc1ccc(C(N)=O)cc1NC1CCN2CCCCC12. The zero-order valence-corrected chi connectivity index (χ0v) is 12.5. The number of anilines is 1. The molecule has 0 aliphatic carbocycles. The van der Waals surface area contributed by atoms with Gasteiger partial charge >= 0.3 is 0 Å². The van der Waals surface area contributed by atoms with Gasteiger partial charge in [-0.2, -0.15) is 0 Å². The first kappa shape index (κ1) is 14.2. The number of ether oxygens (including phenoxy) is 1. The summed E-state index contributed by atoms with van der Waals surface area (Å²) in [4.78, 5) is 13.9. The Kier molecular flexibility index (Phi) is 4.01. The van der Waals surface area contributed by atoms with Gasteiger partial charge in [-0.15, -0.1) is 0 Å². The summed E-state index contributed by atoms with van der Waals surface area (Å²) in [6, 6.07) is 6.32. The van der Waals surface area contributed by atoms with Crippen LogP contribution in [-0.2, 0) is 0 Å². The molecule has 21 heavy (non-hydrogen) atoms.